The molecule has 8 nitrogen and oxygen atoms in total. The maximum Gasteiger partial charge on any atom is 0.231 e. The summed E-state index contributed by atoms with van der Waals surface area (Å²) in [5, 5.41) is 4.10. The fourth-order valence-electron chi connectivity index (χ4n) is 4.31. The number of carbonyl (C=O) groups excluding carboxylic acids is 1. The van der Waals surface area contributed by atoms with Crippen LogP contribution in [0.25, 0.3) is 11.4 Å². The minimum atomic E-state index is -0.202. The summed E-state index contributed by atoms with van der Waals surface area (Å²) in [5.74, 6) is 2.65. The Morgan fingerprint density at radius 1 is 1.29 bits per heavy atom. The van der Waals surface area contributed by atoms with E-state index in [-0.39, 0.29) is 17.7 Å². The molecule has 0 unspecified atom stereocenters. The molecule has 1 aromatic carbocycles. The van der Waals surface area contributed by atoms with Crippen LogP contribution in [0.5, 0.6) is 11.5 Å². The molecule has 0 aliphatic carbocycles. The molecule has 0 saturated carbocycles. The minimum Gasteiger partial charge on any atom is -0.497 e. The molecule has 2 aliphatic heterocycles. The van der Waals surface area contributed by atoms with Gasteiger partial charge >= 0.3 is 0 Å². The molecule has 2 aromatic heterocycles. The number of carbonyl (C=O) groups is 1. The number of likely N-dealkylation sites (tertiary alicyclic amines) is 1. The van der Waals surface area contributed by atoms with Crippen molar-refractivity contribution in [2.45, 2.75) is 25.2 Å². The van der Waals surface area contributed by atoms with Crippen LogP contribution in [0.15, 0.2) is 47.2 Å². The van der Waals surface area contributed by atoms with Crippen molar-refractivity contribution in [3.8, 4) is 22.9 Å². The number of methoxy groups -OCH3 is 1. The van der Waals surface area contributed by atoms with Crippen molar-refractivity contribution in [3.63, 3.8) is 0 Å². The number of benzene rings is 1. The zero-order valence-electron chi connectivity index (χ0n) is 17.4. The first-order chi connectivity index (χ1) is 15.2. The van der Waals surface area contributed by atoms with Crippen molar-refractivity contribution in [3.05, 3.63) is 54.2 Å². The first-order valence-electron chi connectivity index (χ1n) is 10.5. The molecule has 0 spiro atoms. The van der Waals surface area contributed by atoms with Gasteiger partial charge < -0.3 is 18.9 Å². The largest absolute Gasteiger partial charge is 0.497 e. The third-order valence-corrected chi connectivity index (χ3v) is 5.97. The number of fused-ring (bicyclic) bond motifs is 1. The SMILES string of the molecule is COc1ccc2c(c1)C[C@H](C(=O)N1CCC[C@@H](c3nc(-c4cccnc4)no3)C1)CO2. The summed E-state index contributed by atoms with van der Waals surface area (Å²) >= 11 is 0. The highest BCUT2D eigenvalue weighted by atomic mass is 16.5. The second kappa shape index (κ2) is 8.37. The Morgan fingerprint density at radius 2 is 2.23 bits per heavy atom. The van der Waals surface area contributed by atoms with Crippen LogP contribution in [0.3, 0.4) is 0 Å². The molecule has 1 amide bonds. The fourth-order valence-corrected chi connectivity index (χ4v) is 4.31. The van der Waals surface area contributed by atoms with Gasteiger partial charge in [0.15, 0.2) is 0 Å². The number of ether oxygens (including phenoxy) is 2. The third-order valence-electron chi connectivity index (χ3n) is 5.97. The minimum absolute atomic E-state index is 0.0347. The molecule has 1 fully saturated rings. The molecule has 0 N–H and O–H groups in total. The normalized spacial score (nSPS) is 20.6. The molecule has 0 radical (unpaired) electrons. The highest BCUT2D eigenvalue weighted by Gasteiger charge is 2.34. The van der Waals surface area contributed by atoms with Gasteiger partial charge in [-0.3, -0.25) is 9.78 Å². The van der Waals surface area contributed by atoms with E-state index in [0.717, 1.165) is 42.0 Å². The molecular formula is C23H24N4O4. The topological polar surface area (TPSA) is 90.6 Å². The van der Waals surface area contributed by atoms with Gasteiger partial charge in [-0.05, 0) is 55.2 Å². The number of pyridine rings is 1. The maximum atomic E-state index is 13.3. The number of hydrogen-bond acceptors (Lipinski definition) is 7. The highest BCUT2D eigenvalue weighted by molar-refractivity contribution is 5.80. The summed E-state index contributed by atoms with van der Waals surface area (Å²) in [6.07, 6.45) is 5.89. The van der Waals surface area contributed by atoms with Gasteiger partial charge in [0.25, 0.3) is 0 Å². The lowest BCUT2D eigenvalue weighted by molar-refractivity contribution is -0.138. The fraction of sp³-hybridized carbons (Fsp3) is 0.391. The van der Waals surface area contributed by atoms with Gasteiger partial charge in [-0.2, -0.15) is 4.98 Å². The van der Waals surface area contributed by atoms with Crippen molar-refractivity contribution >= 4 is 5.91 Å². The second-order valence-corrected chi connectivity index (χ2v) is 8.01. The summed E-state index contributed by atoms with van der Waals surface area (Å²) in [6.45, 7) is 1.71. The van der Waals surface area contributed by atoms with E-state index in [2.05, 4.69) is 15.1 Å². The van der Waals surface area contributed by atoms with Crippen LogP contribution < -0.4 is 9.47 Å². The Labute approximate surface area is 180 Å². The van der Waals surface area contributed by atoms with Gasteiger partial charge in [0.1, 0.15) is 18.1 Å². The Balaban J connectivity index is 1.27. The molecule has 2 aliphatic rings. The first-order valence-corrected chi connectivity index (χ1v) is 10.5. The van der Waals surface area contributed by atoms with Crippen molar-refractivity contribution in [2.75, 3.05) is 26.8 Å². The van der Waals surface area contributed by atoms with Crippen LogP contribution in [0.2, 0.25) is 0 Å². The number of nitrogens with zero attached hydrogens (tertiary/aromatic N) is 4. The summed E-state index contributed by atoms with van der Waals surface area (Å²) in [4.78, 5) is 23.8. The molecular weight excluding hydrogens is 396 g/mol. The van der Waals surface area contributed by atoms with E-state index in [1.54, 1.807) is 19.5 Å². The predicted molar refractivity (Wildman–Crippen MR) is 112 cm³/mol. The van der Waals surface area contributed by atoms with E-state index in [1.165, 1.54) is 0 Å². The van der Waals surface area contributed by atoms with Gasteiger partial charge in [-0.25, -0.2) is 0 Å². The molecule has 5 rings (SSSR count). The Morgan fingerprint density at radius 3 is 3.06 bits per heavy atom. The van der Waals surface area contributed by atoms with Crippen molar-refractivity contribution in [1.29, 1.82) is 0 Å². The first kappa shape index (κ1) is 19.5. The third kappa shape index (κ3) is 3.97. The van der Waals surface area contributed by atoms with E-state index >= 15 is 0 Å². The highest BCUT2D eigenvalue weighted by Crippen LogP contribution is 2.33. The molecule has 8 heteroatoms. The lowest BCUT2D eigenvalue weighted by Crippen LogP contribution is -2.45. The number of aromatic nitrogens is 3. The van der Waals surface area contributed by atoms with E-state index < -0.39 is 0 Å². The summed E-state index contributed by atoms with van der Waals surface area (Å²) in [7, 11) is 1.64. The summed E-state index contributed by atoms with van der Waals surface area (Å²) in [6, 6.07) is 9.47. The van der Waals surface area contributed by atoms with E-state index in [4.69, 9.17) is 14.0 Å². The molecule has 2 atom stereocenters. The van der Waals surface area contributed by atoms with Crippen LogP contribution in [-0.2, 0) is 11.2 Å². The Bertz CT molecular complexity index is 1070. The smallest absolute Gasteiger partial charge is 0.231 e. The standard InChI is InChI=1S/C23H24N4O4/c1-29-19-6-7-20-17(11-19)10-18(14-30-20)23(28)27-9-3-5-16(13-27)22-25-21(26-31-22)15-4-2-8-24-12-15/h2,4,6-8,11-12,16,18H,3,5,9-10,13-14H2,1H3/t16-,18+/m1/s1. The van der Waals surface area contributed by atoms with Crippen molar-refractivity contribution in [2.24, 2.45) is 5.92 Å². The number of amides is 1. The van der Waals surface area contributed by atoms with Crippen LogP contribution in [0.4, 0.5) is 0 Å². The van der Waals surface area contributed by atoms with Crippen LogP contribution in [0.1, 0.15) is 30.2 Å². The average Bonchev–Trinajstić information content (AvgIpc) is 3.34. The van der Waals surface area contributed by atoms with Crippen LogP contribution in [0, 0.1) is 5.92 Å². The molecule has 1 saturated heterocycles. The van der Waals surface area contributed by atoms with Crippen molar-refractivity contribution in [1.82, 2.24) is 20.0 Å². The van der Waals surface area contributed by atoms with Gasteiger partial charge in [0.2, 0.25) is 17.6 Å². The summed E-state index contributed by atoms with van der Waals surface area (Å²) < 4.78 is 16.7. The van der Waals surface area contributed by atoms with E-state index in [0.29, 0.717) is 31.3 Å². The lowest BCUT2D eigenvalue weighted by Gasteiger charge is -2.35. The summed E-state index contributed by atoms with van der Waals surface area (Å²) in [5.41, 5.74) is 1.82. The zero-order chi connectivity index (χ0) is 21.2. The molecule has 31 heavy (non-hydrogen) atoms. The van der Waals surface area contributed by atoms with Gasteiger partial charge in [0.05, 0.1) is 18.9 Å². The van der Waals surface area contributed by atoms with E-state index in [9.17, 15) is 4.79 Å². The monoisotopic (exact) mass is 420 g/mol. The van der Waals surface area contributed by atoms with Crippen LogP contribution in [-0.4, -0.2) is 52.7 Å². The molecule has 3 aromatic rings. The van der Waals surface area contributed by atoms with E-state index in [1.807, 2.05) is 35.2 Å². The predicted octanol–water partition coefficient (Wildman–Crippen LogP) is 3.10. The lowest BCUT2D eigenvalue weighted by atomic mass is 9.92. The average molecular weight is 420 g/mol. The second-order valence-electron chi connectivity index (χ2n) is 8.01. The van der Waals surface area contributed by atoms with Crippen LogP contribution >= 0.6 is 0 Å². The van der Waals surface area contributed by atoms with Gasteiger partial charge in [0, 0.05) is 31.0 Å². The Kier molecular flexibility index (Phi) is 5.28. The molecule has 160 valence electrons. The zero-order valence-corrected chi connectivity index (χ0v) is 17.4. The Hall–Kier alpha value is -3.42. The van der Waals surface area contributed by atoms with Crippen molar-refractivity contribution < 1.29 is 18.8 Å². The molecule has 0 bridgehead atoms. The van der Waals surface area contributed by atoms with Gasteiger partial charge in [-0.15, -0.1) is 0 Å². The number of hydrogen-bond donors (Lipinski definition) is 0. The quantitative estimate of drug-likeness (QED) is 0.641. The molecule has 4 heterocycles. The maximum absolute atomic E-state index is 13.3. The number of piperidine rings is 1. The van der Waals surface area contributed by atoms with Gasteiger partial charge in [-0.1, -0.05) is 5.16 Å². The number of rotatable bonds is 4.